The number of nitrogens with zero attached hydrogens (tertiary/aromatic N) is 1. The topological polar surface area (TPSA) is 54.3 Å². The van der Waals surface area contributed by atoms with Crippen molar-refractivity contribution in [2.75, 3.05) is 19.5 Å². The van der Waals surface area contributed by atoms with Gasteiger partial charge < -0.3 is 14.8 Å². The van der Waals surface area contributed by atoms with Gasteiger partial charge in [0.2, 0.25) is 0 Å². The number of methoxy groups -OCH3 is 2. The minimum atomic E-state index is 0.549. The van der Waals surface area contributed by atoms with E-state index in [0.29, 0.717) is 17.0 Å². The molecule has 0 saturated carbocycles. The van der Waals surface area contributed by atoms with E-state index in [-0.39, 0.29) is 0 Å². The zero-order valence-corrected chi connectivity index (χ0v) is 12.7. The Hall–Kier alpha value is -2.19. The Morgan fingerprint density at radius 3 is 2.55 bits per heavy atom. The first kappa shape index (κ1) is 14.2. The summed E-state index contributed by atoms with van der Waals surface area (Å²) in [5.74, 6) is 1.41. The third kappa shape index (κ3) is 3.03. The van der Waals surface area contributed by atoms with E-state index in [4.69, 9.17) is 14.7 Å². The largest absolute Gasteiger partial charge is 0.497 e. The van der Waals surface area contributed by atoms with Crippen LogP contribution in [0.5, 0.6) is 11.5 Å². The van der Waals surface area contributed by atoms with Crippen molar-refractivity contribution in [3.05, 3.63) is 46.4 Å². The molecule has 5 heteroatoms. The van der Waals surface area contributed by atoms with Crippen molar-refractivity contribution in [3.8, 4) is 17.6 Å². The van der Waals surface area contributed by atoms with Gasteiger partial charge in [0.15, 0.2) is 0 Å². The van der Waals surface area contributed by atoms with Gasteiger partial charge in [-0.1, -0.05) is 0 Å². The van der Waals surface area contributed by atoms with Crippen LogP contribution in [-0.2, 0) is 0 Å². The van der Waals surface area contributed by atoms with Gasteiger partial charge in [-0.05, 0) is 40.2 Å². The molecule has 0 atom stereocenters. The van der Waals surface area contributed by atoms with Crippen LogP contribution in [0.4, 0.5) is 11.4 Å². The quantitative estimate of drug-likeness (QED) is 0.916. The molecule has 2 aromatic rings. The highest BCUT2D eigenvalue weighted by Crippen LogP contribution is 2.31. The van der Waals surface area contributed by atoms with E-state index >= 15 is 0 Å². The maximum absolute atomic E-state index is 9.14. The van der Waals surface area contributed by atoms with E-state index < -0.39 is 0 Å². The number of nitriles is 1. The van der Waals surface area contributed by atoms with Crippen molar-refractivity contribution in [2.24, 2.45) is 0 Å². The van der Waals surface area contributed by atoms with Gasteiger partial charge in [-0.25, -0.2) is 0 Å². The zero-order chi connectivity index (χ0) is 14.5. The summed E-state index contributed by atoms with van der Waals surface area (Å²) in [6.07, 6.45) is 0. The van der Waals surface area contributed by atoms with E-state index in [1.165, 1.54) is 0 Å². The van der Waals surface area contributed by atoms with Crippen LogP contribution in [0.1, 0.15) is 5.56 Å². The summed E-state index contributed by atoms with van der Waals surface area (Å²) >= 11 is 3.40. The Morgan fingerprint density at radius 1 is 1.10 bits per heavy atom. The first-order valence-corrected chi connectivity index (χ1v) is 6.66. The van der Waals surface area contributed by atoms with E-state index in [9.17, 15) is 0 Å². The summed E-state index contributed by atoms with van der Waals surface area (Å²) < 4.78 is 11.3. The van der Waals surface area contributed by atoms with E-state index in [1.807, 2.05) is 18.2 Å². The number of anilines is 2. The number of hydrogen-bond acceptors (Lipinski definition) is 4. The molecule has 0 aliphatic rings. The summed E-state index contributed by atoms with van der Waals surface area (Å²) in [4.78, 5) is 0. The molecule has 0 aliphatic carbocycles. The van der Waals surface area contributed by atoms with Gasteiger partial charge >= 0.3 is 0 Å². The summed E-state index contributed by atoms with van der Waals surface area (Å²) in [6.45, 7) is 0. The van der Waals surface area contributed by atoms with E-state index in [2.05, 4.69) is 27.3 Å². The maximum atomic E-state index is 9.14. The van der Waals surface area contributed by atoms with Gasteiger partial charge in [0.1, 0.15) is 17.6 Å². The molecule has 0 spiro atoms. The second-order valence-electron chi connectivity index (χ2n) is 4.00. The molecule has 0 bridgehead atoms. The predicted molar refractivity (Wildman–Crippen MR) is 81.7 cm³/mol. The van der Waals surface area contributed by atoms with Crippen molar-refractivity contribution in [2.45, 2.75) is 0 Å². The highest BCUT2D eigenvalue weighted by atomic mass is 79.9. The average Bonchev–Trinajstić information content (AvgIpc) is 2.49. The molecule has 0 aromatic heterocycles. The second kappa shape index (κ2) is 6.31. The lowest BCUT2D eigenvalue weighted by Crippen LogP contribution is -1.96. The summed E-state index contributed by atoms with van der Waals surface area (Å²) in [7, 11) is 3.20. The van der Waals surface area contributed by atoms with Crippen LogP contribution < -0.4 is 14.8 Å². The minimum Gasteiger partial charge on any atom is -0.497 e. The molecule has 1 N–H and O–H groups in total. The van der Waals surface area contributed by atoms with Gasteiger partial charge in [0, 0.05) is 17.8 Å². The van der Waals surface area contributed by atoms with Gasteiger partial charge in [-0.2, -0.15) is 5.26 Å². The molecule has 2 rings (SSSR count). The number of benzene rings is 2. The Balaban J connectivity index is 2.36. The van der Waals surface area contributed by atoms with E-state index in [1.54, 1.807) is 32.4 Å². The predicted octanol–water partition coefficient (Wildman–Crippen LogP) is 4.08. The highest BCUT2D eigenvalue weighted by Gasteiger charge is 2.06. The molecular formula is C15H13BrN2O2. The molecule has 2 aromatic carbocycles. The van der Waals surface area contributed by atoms with Crippen LogP contribution in [0.3, 0.4) is 0 Å². The lowest BCUT2D eigenvalue weighted by molar-refractivity contribution is 0.412. The molecule has 0 amide bonds. The Labute approximate surface area is 126 Å². The normalized spacial score (nSPS) is 9.70. The SMILES string of the molecule is COc1ccc(C#N)c(Nc2ccc(Br)c(OC)c2)c1. The second-order valence-corrected chi connectivity index (χ2v) is 4.85. The monoisotopic (exact) mass is 332 g/mol. The van der Waals surface area contributed by atoms with Crippen LogP contribution in [0, 0.1) is 11.3 Å². The fourth-order valence-electron chi connectivity index (χ4n) is 1.74. The molecular weight excluding hydrogens is 320 g/mol. The van der Waals surface area contributed by atoms with Crippen molar-refractivity contribution in [3.63, 3.8) is 0 Å². The Bertz CT molecular complexity index is 665. The van der Waals surface area contributed by atoms with Crippen molar-refractivity contribution >= 4 is 27.3 Å². The third-order valence-corrected chi connectivity index (χ3v) is 3.43. The molecule has 4 nitrogen and oxygen atoms in total. The fraction of sp³-hybridized carbons (Fsp3) is 0.133. The molecule has 0 saturated heterocycles. The maximum Gasteiger partial charge on any atom is 0.135 e. The van der Waals surface area contributed by atoms with Crippen molar-refractivity contribution in [1.29, 1.82) is 5.26 Å². The van der Waals surface area contributed by atoms with E-state index in [0.717, 1.165) is 15.9 Å². The molecule has 0 aliphatic heterocycles. The van der Waals surface area contributed by atoms with Crippen LogP contribution in [0.25, 0.3) is 0 Å². The number of halogens is 1. The summed E-state index contributed by atoms with van der Waals surface area (Å²) in [6, 6.07) is 13.0. The summed E-state index contributed by atoms with van der Waals surface area (Å²) in [5.41, 5.74) is 2.07. The van der Waals surface area contributed by atoms with Gasteiger partial charge in [0.25, 0.3) is 0 Å². The highest BCUT2D eigenvalue weighted by molar-refractivity contribution is 9.10. The first-order chi connectivity index (χ1) is 9.67. The Morgan fingerprint density at radius 2 is 1.90 bits per heavy atom. The number of nitrogens with one attached hydrogen (secondary N) is 1. The van der Waals surface area contributed by atoms with Crippen LogP contribution in [-0.4, -0.2) is 14.2 Å². The minimum absolute atomic E-state index is 0.549. The van der Waals surface area contributed by atoms with Crippen molar-refractivity contribution in [1.82, 2.24) is 0 Å². The van der Waals surface area contributed by atoms with Crippen molar-refractivity contribution < 1.29 is 9.47 Å². The number of rotatable bonds is 4. The molecule has 102 valence electrons. The molecule has 0 unspecified atom stereocenters. The van der Waals surface area contributed by atoms with Gasteiger partial charge in [-0.3, -0.25) is 0 Å². The first-order valence-electron chi connectivity index (χ1n) is 5.86. The smallest absolute Gasteiger partial charge is 0.135 e. The standard InChI is InChI=1S/C15H13BrN2O2/c1-19-12-5-3-10(9-17)14(8-12)18-11-4-6-13(16)15(7-11)20-2/h3-8,18H,1-2H3. The molecule has 0 fully saturated rings. The van der Waals surface area contributed by atoms with Gasteiger partial charge in [0.05, 0.1) is 29.9 Å². The van der Waals surface area contributed by atoms with Crippen LogP contribution >= 0.6 is 15.9 Å². The van der Waals surface area contributed by atoms with Crippen LogP contribution in [0.2, 0.25) is 0 Å². The average molecular weight is 333 g/mol. The third-order valence-electron chi connectivity index (χ3n) is 2.78. The molecule has 0 heterocycles. The fourth-order valence-corrected chi connectivity index (χ4v) is 2.15. The molecule has 0 radical (unpaired) electrons. The van der Waals surface area contributed by atoms with Gasteiger partial charge in [-0.15, -0.1) is 0 Å². The Kier molecular flexibility index (Phi) is 4.49. The summed E-state index contributed by atoms with van der Waals surface area (Å²) in [5, 5.41) is 12.3. The lowest BCUT2D eigenvalue weighted by atomic mass is 10.1. The zero-order valence-electron chi connectivity index (χ0n) is 11.1. The number of ether oxygens (including phenoxy) is 2. The lowest BCUT2D eigenvalue weighted by Gasteiger charge is -2.11. The molecule has 20 heavy (non-hydrogen) atoms. The number of hydrogen-bond donors (Lipinski definition) is 1. The van der Waals surface area contributed by atoms with Crippen LogP contribution in [0.15, 0.2) is 40.9 Å².